The maximum absolute atomic E-state index is 11.3. The van der Waals surface area contributed by atoms with Gasteiger partial charge in [-0.15, -0.1) is 0 Å². The molecule has 5 nitrogen and oxygen atoms in total. The quantitative estimate of drug-likeness (QED) is 0.880. The Labute approximate surface area is 112 Å². The molecular formula is C14H19N3O2. The van der Waals surface area contributed by atoms with Crippen LogP contribution < -0.4 is 0 Å². The fourth-order valence-corrected chi connectivity index (χ4v) is 2.95. The molecule has 102 valence electrons. The van der Waals surface area contributed by atoms with E-state index in [0.717, 1.165) is 31.5 Å². The van der Waals surface area contributed by atoms with Crippen LogP contribution in [0.5, 0.6) is 0 Å². The molecule has 0 saturated carbocycles. The smallest absolute Gasteiger partial charge is 0.153 e. The number of rotatable bonds is 3. The van der Waals surface area contributed by atoms with Crippen LogP contribution in [0.1, 0.15) is 24.2 Å². The van der Waals surface area contributed by atoms with Gasteiger partial charge in [-0.1, -0.05) is 0 Å². The highest BCUT2D eigenvalue weighted by molar-refractivity contribution is 5.27. The molecule has 0 amide bonds. The first-order valence-corrected chi connectivity index (χ1v) is 6.64. The first kappa shape index (κ1) is 12.4. The second-order valence-electron chi connectivity index (χ2n) is 5.29. The summed E-state index contributed by atoms with van der Waals surface area (Å²) in [7, 11) is 2.11. The van der Waals surface area contributed by atoms with Crippen LogP contribution in [0.25, 0.3) is 0 Å². The van der Waals surface area contributed by atoms with Crippen molar-refractivity contribution in [1.82, 2.24) is 14.9 Å². The average molecular weight is 261 g/mol. The molecule has 2 aromatic heterocycles. The summed E-state index contributed by atoms with van der Waals surface area (Å²) >= 11 is 0. The van der Waals surface area contributed by atoms with Gasteiger partial charge in [-0.3, -0.25) is 0 Å². The Morgan fingerprint density at radius 3 is 2.84 bits per heavy atom. The van der Waals surface area contributed by atoms with Crippen LogP contribution in [0.3, 0.4) is 0 Å². The van der Waals surface area contributed by atoms with Crippen LogP contribution in [-0.2, 0) is 5.60 Å². The van der Waals surface area contributed by atoms with Crippen LogP contribution in [-0.4, -0.2) is 40.1 Å². The van der Waals surface area contributed by atoms with E-state index < -0.39 is 5.60 Å². The van der Waals surface area contributed by atoms with Gasteiger partial charge in [0.25, 0.3) is 0 Å². The number of hydrogen-bond acceptors (Lipinski definition) is 4. The predicted molar refractivity (Wildman–Crippen MR) is 70.5 cm³/mol. The first-order valence-electron chi connectivity index (χ1n) is 6.64. The number of hydrogen-bond donors (Lipinski definition) is 2. The number of aromatic nitrogens is 2. The molecule has 0 aromatic carbocycles. The molecule has 1 aliphatic heterocycles. The van der Waals surface area contributed by atoms with E-state index in [4.69, 9.17) is 4.42 Å². The summed E-state index contributed by atoms with van der Waals surface area (Å²) in [5, 5.41) is 11.3. The van der Waals surface area contributed by atoms with Gasteiger partial charge in [-0.2, -0.15) is 0 Å². The van der Waals surface area contributed by atoms with Crippen LogP contribution in [0.15, 0.2) is 35.4 Å². The molecule has 1 unspecified atom stereocenters. The number of imidazole rings is 1. The van der Waals surface area contributed by atoms with Gasteiger partial charge in [0.15, 0.2) is 5.60 Å². The third-order valence-corrected chi connectivity index (χ3v) is 4.13. The van der Waals surface area contributed by atoms with Gasteiger partial charge >= 0.3 is 0 Å². The van der Waals surface area contributed by atoms with Gasteiger partial charge in [0, 0.05) is 23.9 Å². The van der Waals surface area contributed by atoms with Crippen molar-refractivity contribution in [1.29, 1.82) is 0 Å². The average Bonchev–Trinajstić information content (AvgIpc) is 3.12. The Morgan fingerprint density at radius 1 is 1.47 bits per heavy atom. The molecule has 3 rings (SSSR count). The van der Waals surface area contributed by atoms with Gasteiger partial charge < -0.3 is 19.4 Å². The Balaban J connectivity index is 1.98. The van der Waals surface area contributed by atoms with Gasteiger partial charge in [-0.25, -0.2) is 4.98 Å². The van der Waals surface area contributed by atoms with Crippen molar-refractivity contribution in [2.45, 2.75) is 18.4 Å². The van der Waals surface area contributed by atoms with Gasteiger partial charge in [0.05, 0.1) is 12.5 Å². The number of likely N-dealkylation sites (tertiary alicyclic amines) is 1. The topological polar surface area (TPSA) is 65.3 Å². The SMILES string of the molecule is CN1CCC(C(O)(c2ccoc2)c2ncc[nH]2)CC1. The Kier molecular flexibility index (Phi) is 3.16. The fourth-order valence-electron chi connectivity index (χ4n) is 2.95. The second kappa shape index (κ2) is 4.83. The van der Waals surface area contributed by atoms with Crippen LogP contribution >= 0.6 is 0 Å². The summed E-state index contributed by atoms with van der Waals surface area (Å²) in [5.74, 6) is 0.746. The molecule has 5 heteroatoms. The summed E-state index contributed by atoms with van der Waals surface area (Å²) in [4.78, 5) is 9.62. The highest BCUT2D eigenvalue weighted by Gasteiger charge is 2.44. The van der Waals surface area contributed by atoms with Crippen LogP contribution in [0, 0.1) is 5.92 Å². The molecule has 1 atom stereocenters. The standard InChI is InChI=1S/C14H19N3O2/c1-17-7-2-11(3-8-17)14(18,12-4-9-19-10-12)13-15-5-6-16-13/h4-6,9-11,18H,2-3,7-8H2,1H3,(H,15,16). The van der Waals surface area contributed by atoms with Gasteiger partial charge in [0.1, 0.15) is 5.82 Å². The van der Waals surface area contributed by atoms with Crippen molar-refractivity contribution in [2.24, 2.45) is 5.92 Å². The zero-order valence-corrected chi connectivity index (χ0v) is 11.0. The molecule has 0 aliphatic carbocycles. The number of H-pyrrole nitrogens is 1. The van der Waals surface area contributed by atoms with E-state index >= 15 is 0 Å². The molecule has 0 bridgehead atoms. The summed E-state index contributed by atoms with van der Waals surface area (Å²) in [6.07, 6.45) is 8.52. The van der Waals surface area contributed by atoms with E-state index in [-0.39, 0.29) is 5.92 Å². The number of nitrogens with zero attached hydrogens (tertiary/aromatic N) is 2. The van der Waals surface area contributed by atoms with E-state index in [1.165, 1.54) is 0 Å². The third kappa shape index (κ3) is 2.09. The molecule has 3 heterocycles. The minimum absolute atomic E-state index is 0.146. The molecular weight excluding hydrogens is 242 g/mol. The van der Waals surface area contributed by atoms with Crippen LogP contribution in [0.4, 0.5) is 0 Å². The molecule has 0 radical (unpaired) electrons. The second-order valence-corrected chi connectivity index (χ2v) is 5.29. The van der Waals surface area contributed by atoms with E-state index in [2.05, 4.69) is 21.9 Å². The van der Waals surface area contributed by atoms with Crippen molar-refractivity contribution in [3.8, 4) is 0 Å². The lowest BCUT2D eigenvalue weighted by atomic mass is 9.76. The summed E-state index contributed by atoms with van der Waals surface area (Å²) in [6, 6.07) is 1.82. The largest absolute Gasteiger partial charge is 0.472 e. The summed E-state index contributed by atoms with van der Waals surface area (Å²) < 4.78 is 5.16. The highest BCUT2D eigenvalue weighted by atomic mass is 16.3. The number of aliphatic hydroxyl groups is 1. The number of piperidine rings is 1. The predicted octanol–water partition coefficient (Wildman–Crippen LogP) is 1.58. The lowest BCUT2D eigenvalue weighted by Crippen LogP contribution is -2.43. The van der Waals surface area contributed by atoms with Gasteiger partial charge in [0.2, 0.25) is 0 Å². The Bertz CT molecular complexity index is 465. The molecule has 1 saturated heterocycles. The van der Waals surface area contributed by atoms with Crippen molar-refractivity contribution in [3.05, 3.63) is 42.4 Å². The fraction of sp³-hybridized carbons (Fsp3) is 0.500. The zero-order chi connectivity index (χ0) is 13.3. The normalized spacial score (nSPS) is 21.4. The molecule has 2 aromatic rings. The highest BCUT2D eigenvalue weighted by Crippen LogP contribution is 2.40. The van der Waals surface area contributed by atoms with E-state index in [0.29, 0.717) is 5.82 Å². The minimum atomic E-state index is -1.09. The third-order valence-electron chi connectivity index (χ3n) is 4.13. The molecule has 2 N–H and O–H groups in total. The lowest BCUT2D eigenvalue weighted by Gasteiger charge is -2.39. The number of furan rings is 1. The van der Waals surface area contributed by atoms with Crippen molar-refractivity contribution >= 4 is 0 Å². The van der Waals surface area contributed by atoms with E-state index in [9.17, 15) is 5.11 Å². The zero-order valence-electron chi connectivity index (χ0n) is 11.0. The van der Waals surface area contributed by atoms with Gasteiger partial charge in [-0.05, 0) is 39.0 Å². The van der Waals surface area contributed by atoms with Crippen molar-refractivity contribution in [2.75, 3.05) is 20.1 Å². The maximum Gasteiger partial charge on any atom is 0.153 e. The number of aromatic amines is 1. The van der Waals surface area contributed by atoms with Crippen molar-refractivity contribution in [3.63, 3.8) is 0 Å². The number of nitrogens with one attached hydrogen (secondary N) is 1. The molecule has 1 fully saturated rings. The lowest BCUT2D eigenvalue weighted by molar-refractivity contribution is -0.0177. The maximum atomic E-state index is 11.3. The van der Waals surface area contributed by atoms with Crippen LogP contribution in [0.2, 0.25) is 0 Å². The summed E-state index contributed by atoms with van der Waals surface area (Å²) in [6.45, 7) is 1.98. The molecule has 0 spiro atoms. The Hall–Kier alpha value is -1.59. The molecule has 19 heavy (non-hydrogen) atoms. The Morgan fingerprint density at radius 2 is 2.26 bits per heavy atom. The van der Waals surface area contributed by atoms with Crippen molar-refractivity contribution < 1.29 is 9.52 Å². The minimum Gasteiger partial charge on any atom is -0.472 e. The van der Waals surface area contributed by atoms with E-state index in [1.807, 2.05) is 6.07 Å². The monoisotopic (exact) mass is 261 g/mol. The molecule has 1 aliphatic rings. The summed E-state index contributed by atoms with van der Waals surface area (Å²) in [5.41, 5.74) is -0.311. The first-order chi connectivity index (χ1) is 9.21. The van der Waals surface area contributed by atoms with E-state index in [1.54, 1.807) is 24.9 Å².